The van der Waals surface area contributed by atoms with Crippen molar-refractivity contribution in [1.29, 1.82) is 0 Å². The van der Waals surface area contributed by atoms with Crippen molar-refractivity contribution in [3.8, 4) is 45.0 Å². The Kier molecular flexibility index (Phi) is 6.82. The number of pyridine rings is 4. The van der Waals surface area contributed by atoms with Gasteiger partial charge in [-0.15, -0.1) is 0 Å². The summed E-state index contributed by atoms with van der Waals surface area (Å²) >= 11 is 0. The van der Waals surface area contributed by atoms with Crippen LogP contribution in [0.2, 0.25) is 0 Å². The molecule has 0 amide bonds. The smallest absolute Gasteiger partial charge is 0.0972 e. The van der Waals surface area contributed by atoms with Crippen LogP contribution in [0, 0.1) is 0 Å². The van der Waals surface area contributed by atoms with Gasteiger partial charge in [0.2, 0.25) is 0 Å². The molecule has 0 fully saturated rings. The molecule has 0 saturated heterocycles. The van der Waals surface area contributed by atoms with Crippen molar-refractivity contribution in [1.82, 2.24) is 19.9 Å². The first-order chi connectivity index (χ1) is 26.7. The van der Waals surface area contributed by atoms with Gasteiger partial charge in [-0.1, -0.05) is 146 Å². The van der Waals surface area contributed by atoms with Crippen molar-refractivity contribution in [2.45, 2.75) is 0 Å². The van der Waals surface area contributed by atoms with Crippen LogP contribution < -0.4 is 0 Å². The summed E-state index contributed by atoms with van der Waals surface area (Å²) < 4.78 is 0. The fourth-order valence-corrected chi connectivity index (χ4v) is 7.69. The maximum Gasteiger partial charge on any atom is 0.0972 e. The first-order valence-electron chi connectivity index (χ1n) is 18.2. The Morgan fingerprint density at radius 3 is 0.815 bits per heavy atom. The van der Waals surface area contributed by atoms with E-state index in [9.17, 15) is 0 Å². The average Bonchev–Trinajstić information content (AvgIpc) is 3.25. The van der Waals surface area contributed by atoms with Crippen molar-refractivity contribution < 1.29 is 0 Å². The van der Waals surface area contributed by atoms with E-state index < -0.39 is 0 Å². The summed E-state index contributed by atoms with van der Waals surface area (Å²) in [5, 5.41) is 9.12. The number of fused-ring (bicyclic) bond motifs is 8. The zero-order valence-corrected chi connectivity index (χ0v) is 29.1. The van der Waals surface area contributed by atoms with E-state index in [2.05, 4.69) is 182 Å². The van der Waals surface area contributed by atoms with Gasteiger partial charge in [0.05, 0.1) is 44.8 Å². The molecule has 0 aliphatic carbocycles. The van der Waals surface area contributed by atoms with Crippen molar-refractivity contribution in [3.05, 3.63) is 182 Å². The van der Waals surface area contributed by atoms with Crippen molar-refractivity contribution in [2.75, 3.05) is 0 Å². The maximum absolute atomic E-state index is 5.20. The molecule has 0 atom stereocenters. The van der Waals surface area contributed by atoms with Gasteiger partial charge in [-0.2, -0.15) is 0 Å². The summed E-state index contributed by atoms with van der Waals surface area (Å²) in [4.78, 5) is 20.7. The number of aromatic nitrogens is 4. The Balaban J connectivity index is 0.950. The first kappa shape index (κ1) is 30.3. The summed E-state index contributed by atoms with van der Waals surface area (Å²) in [5.74, 6) is 0. The molecule has 0 unspecified atom stereocenters. The normalized spacial score (nSPS) is 11.7. The Morgan fingerprint density at radius 2 is 0.463 bits per heavy atom. The summed E-state index contributed by atoms with van der Waals surface area (Å²) in [6, 6.07) is 63.9. The van der Waals surface area contributed by atoms with Gasteiger partial charge in [-0.3, -0.25) is 0 Å². The van der Waals surface area contributed by atoms with Crippen LogP contribution in [0.15, 0.2) is 182 Å². The van der Waals surface area contributed by atoms with Crippen molar-refractivity contribution in [3.63, 3.8) is 0 Å². The fourth-order valence-electron chi connectivity index (χ4n) is 7.69. The lowest BCUT2D eigenvalue weighted by molar-refractivity contribution is 1.36. The van der Waals surface area contributed by atoms with E-state index in [0.29, 0.717) is 0 Å². The molecule has 250 valence electrons. The molecule has 4 heteroatoms. The Bertz CT molecular complexity index is 3060. The van der Waals surface area contributed by atoms with Gasteiger partial charge >= 0.3 is 0 Å². The predicted octanol–water partition coefficient (Wildman–Crippen LogP) is 12.9. The van der Waals surface area contributed by atoms with Gasteiger partial charge in [0.1, 0.15) is 0 Å². The van der Waals surface area contributed by atoms with E-state index in [-0.39, 0.29) is 0 Å². The second-order valence-corrected chi connectivity index (χ2v) is 13.9. The highest BCUT2D eigenvalue weighted by molar-refractivity contribution is 6.05. The second-order valence-electron chi connectivity index (χ2n) is 13.9. The highest BCUT2D eigenvalue weighted by atomic mass is 14.8. The molecule has 0 radical (unpaired) electrons. The lowest BCUT2D eigenvalue weighted by Crippen LogP contribution is -1.92. The summed E-state index contributed by atoms with van der Waals surface area (Å²) in [6.45, 7) is 0. The van der Waals surface area contributed by atoms with E-state index in [0.717, 1.165) is 88.6 Å². The van der Waals surface area contributed by atoms with Crippen LogP contribution in [0.3, 0.4) is 0 Å². The fraction of sp³-hybridized carbons (Fsp3) is 0. The molecule has 4 aromatic heterocycles. The van der Waals surface area contributed by atoms with E-state index >= 15 is 0 Å². The zero-order chi connectivity index (χ0) is 35.6. The largest absolute Gasteiger partial charge is 0.245 e. The number of rotatable bonds is 4. The Morgan fingerprint density at radius 1 is 0.204 bits per heavy atom. The zero-order valence-electron chi connectivity index (χ0n) is 29.1. The van der Waals surface area contributed by atoms with Gasteiger partial charge in [-0.05, 0) is 57.9 Å². The van der Waals surface area contributed by atoms with E-state index in [1.807, 2.05) is 0 Å². The number of hydrogen-bond acceptors (Lipinski definition) is 4. The van der Waals surface area contributed by atoms with Crippen LogP contribution in [-0.2, 0) is 0 Å². The van der Waals surface area contributed by atoms with Gasteiger partial charge in [-0.25, -0.2) is 19.9 Å². The van der Waals surface area contributed by atoms with Crippen LogP contribution in [0.25, 0.3) is 110 Å². The molecular weight excluding hydrogens is 657 g/mol. The molecule has 7 aromatic carbocycles. The average molecular weight is 687 g/mol. The van der Waals surface area contributed by atoms with Gasteiger partial charge in [0.15, 0.2) is 0 Å². The second kappa shape index (κ2) is 12.1. The molecular formula is C50H30N4. The lowest BCUT2D eigenvalue weighted by Gasteiger charge is -2.10. The molecule has 0 aliphatic rings. The molecule has 54 heavy (non-hydrogen) atoms. The monoisotopic (exact) mass is 686 g/mol. The Labute approximate surface area is 311 Å². The van der Waals surface area contributed by atoms with E-state index in [4.69, 9.17) is 19.9 Å². The van der Waals surface area contributed by atoms with Crippen molar-refractivity contribution in [2.24, 2.45) is 0 Å². The van der Waals surface area contributed by atoms with Crippen LogP contribution in [-0.4, -0.2) is 19.9 Å². The van der Waals surface area contributed by atoms with Crippen molar-refractivity contribution >= 4 is 65.2 Å². The maximum atomic E-state index is 5.20. The summed E-state index contributed by atoms with van der Waals surface area (Å²) in [7, 11) is 0. The lowest BCUT2D eigenvalue weighted by atomic mass is 10.0. The minimum Gasteiger partial charge on any atom is -0.245 e. The molecule has 11 rings (SSSR count). The molecule has 0 aliphatic heterocycles. The molecule has 0 spiro atoms. The topological polar surface area (TPSA) is 51.6 Å². The standard InChI is InChI=1S/C50H30N4/c1-3-7-39-29-41(19-9-31(39)5-1)45-27-23-37-17-15-35-21-25-43(51-47(35)49(37)53-45)33-11-13-34(14-12-33)44-26-22-36-16-18-38-24-28-46(54-50(38)48(36)52-44)42-20-10-32-6-2-4-8-40(32)30-42/h1-30H. The van der Waals surface area contributed by atoms with E-state index in [1.165, 1.54) is 21.5 Å². The van der Waals surface area contributed by atoms with E-state index in [1.54, 1.807) is 0 Å². The van der Waals surface area contributed by atoms with Gasteiger partial charge in [0.25, 0.3) is 0 Å². The van der Waals surface area contributed by atoms with Gasteiger partial charge < -0.3 is 0 Å². The number of hydrogen-bond donors (Lipinski definition) is 0. The molecule has 0 bridgehead atoms. The quantitative estimate of drug-likeness (QED) is 0.173. The molecule has 4 nitrogen and oxygen atoms in total. The third-order valence-corrected chi connectivity index (χ3v) is 10.6. The number of nitrogens with zero attached hydrogens (tertiary/aromatic N) is 4. The minimum atomic E-state index is 0.898. The SMILES string of the molecule is c1ccc2cc(-c3ccc4ccc5ccc(-c6ccc(-c7ccc8ccc9ccc(-c%10ccc%11ccccc%11c%10)nc9c8n7)cc6)nc5c4n3)ccc2c1. The number of benzene rings is 7. The minimum absolute atomic E-state index is 0.898. The third-order valence-electron chi connectivity index (χ3n) is 10.6. The van der Waals surface area contributed by atoms with Crippen LogP contribution >= 0.6 is 0 Å². The molecule has 4 heterocycles. The van der Waals surface area contributed by atoms with Crippen LogP contribution in [0.5, 0.6) is 0 Å². The Hall–Kier alpha value is -7.30. The van der Waals surface area contributed by atoms with Crippen LogP contribution in [0.1, 0.15) is 0 Å². The first-order valence-corrected chi connectivity index (χ1v) is 18.2. The molecule has 0 N–H and O–H groups in total. The molecule has 11 aromatic rings. The predicted molar refractivity (Wildman–Crippen MR) is 224 cm³/mol. The van der Waals surface area contributed by atoms with Crippen LogP contribution in [0.4, 0.5) is 0 Å². The summed E-state index contributed by atoms with van der Waals surface area (Å²) in [6.07, 6.45) is 0. The highest BCUT2D eigenvalue weighted by Gasteiger charge is 2.12. The summed E-state index contributed by atoms with van der Waals surface area (Å²) in [5.41, 5.74) is 11.6. The molecule has 0 saturated carbocycles. The third kappa shape index (κ3) is 5.15. The highest BCUT2D eigenvalue weighted by Crippen LogP contribution is 2.33. The van der Waals surface area contributed by atoms with Gasteiger partial charge in [0, 0.05) is 43.8 Å².